The number of aromatic nitrogens is 2. The first-order valence-corrected chi connectivity index (χ1v) is 6.27. The van der Waals surface area contributed by atoms with E-state index in [0.29, 0.717) is 12.4 Å². The number of anilines is 1. The second-order valence-corrected chi connectivity index (χ2v) is 4.17. The van der Waals surface area contributed by atoms with Crippen LogP contribution in [-0.2, 0) is 6.18 Å². The lowest BCUT2D eigenvalue weighted by Gasteiger charge is -2.08. The Balaban J connectivity index is 2.34. The third-order valence-corrected chi connectivity index (χ3v) is 2.56. The van der Waals surface area contributed by atoms with Crippen molar-refractivity contribution in [2.75, 3.05) is 17.7 Å². The zero-order valence-electron chi connectivity index (χ0n) is 9.80. The number of unbranched alkanes of at least 4 members (excludes halogenated alkanes) is 3. The third kappa shape index (κ3) is 5.53. The average Bonchev–Trinajstić information content (AvgIpc) is 2.33. The molecule has 0 aliphatic rings. The van der Waals surface area contributed by atoms with Crippen LogP contribution in [0.2, 0.25) is 0 Å². The summed E-state index contributed by atoms with van der Waals surface area (Å²) in [4.78, 5) is 7.15. The highest BCUT2D eigenvalue weighted by Gasteiger charge is 2.32. The van der Waals surface area contributed by atoms with Crippen molar-refractivity contribution in [1.82, 2.24) is 9.97 Å². The maximum Gasteiger partial charge on any atom is 0.433 e. The quantitative estimate of drug-likeness (QED) is 0.612. The number of nitrogens with one attached hydrogen (secondary N) is 1. The molecule has 1 heterocycles. The van der Waals surface area contributed by atoms with Crippen LogP contribution in [0.1, 0.15) is 31.4 Å². The van der Waals surface area contributed by atoms with Crippen LogP contribution in [0.4, 0.5) is 19.1 Å². The molecule has 0 atom stereocenters. The molecule has 1 N–H and O–H groups in total. The largest absolute Gasteiger partial charge is 0.433 e. The third-order valence-electron chi connectivity index (χ3n) is 2.29. The van der Waals surface area contributed by atoms with Crippen molar-refractivity contribution in [1.29, 1.82) is 0 Å². The Morgan fingerprint density at radius 1 is 1.17 bits per heavy atom. The zero-order chi connectivity index (χ0) is 13.4. The van der Waals surface area contributed by atoms with Gasteiger partial charge in [-0.05, 0) is 18.9 Å². The average molecular weight is 282 g/mol. The summed E-state index contributed by atoms with van der Waals surface area (Å²) in [6.45, 7) is 0.559. The van der Waals surface area contributed by atoms with Gasteiger partial charge in [-0.15, -0.1) is 11.6 Å². The minimum absolute atomic E-state index is 0.0159. The van der Waals surface area contributed by atoms with Crippen LogP contribution in [0.3, 0.4) is 0 Å². The van der Waals surface area contributed by atoms with Crippen molar-refractivity contribution in [2.24, 2.45) is 0 Å². The normalized spacial score (nSPS) is 11.6. The molecule has 0 amide bonds. The molecular formula is C11H15ClF3N3. The topological polar surface area (TPSA) is 37.8 Å². The van der Waals surface area contributed by atoms with E-state index in [1.807, 2.05) is 0 Å². The maximum atomic E-state index is 12.4. The van der Waals surface area contributed by atoms with Crippen LogP contribution in [0, 0.1) is 0 Å². The molecule has 18 heavy (non-hydrogen) atoms. The molecule has 0 bridgehead atoms. The van der Waals surface area contributed by atoms with Crippen molar-refractivity contribution in [3.05, 3.63) is 18.0 Å². The predicted molar refractivity (Wildman–Crippen MR) is 64.7 cm³/mol. The summed E-state index contributed by atoms with van der Waals surface area (Å²) in [5, 5.41) is 2.78. The minimum atomic E-state index is -4.43. The molecule has 3 nitrogen and oxygen atoms in total. The van der Waals surface area contributed by atoms with Crippen molar-refractivity contribution in [2.45, 2.75) is 31.9 Å². The Morgan fingerprint density at radius 2 is 1.89 bits per heavy atom. The summed E-state index contributed by atoms with van der Waals surface area (Å²) in [7, 11) is 0. The molecule has 0 fully saturated rings. The molecular weight excluding hydrogens is 267 g/mol. The molecule has 102 valence electrons. The van der Waals surface area contributed by atoms with E-state index >= 15 is 0 Å². The molecule has 1 rings (SSSR count). The molecule has 0 saturated carbocycles. The molecule has 0 aliphatic heterocycles. The van der Waals surface area contributed by atoms with Crippen LogP contribution in [0.15, 0.2) is 12.3 Å². The fourth-order valence-corrected chi connectivity index (χ4v) is 1.56. The van der Waals surface area contributed by atoms with Gasteiger partial charge in [0.15, 0.2) is 0 Å². The predicted octanol–water partition coefficient (Wildman–Crippen LogP) is 3.71. The molecule has 0 saturated heterocycles. The van der Waals surface area contributed by atoms with E-state index in [9.17, 15) is 13.2 Å². The Morgan fingerprint density at radius 3 is 2.56 bits per heavy atom. The number of hydrogen-bond donors (Lipinski definition) is 1. The summed E-state index contributed by atoms with van der Waals surface area (Å²) < 4.78 is 37.1. The van der Waals surface area contributed by atoms with E-state index < -0.39 is 11.9 Å². The lowest BCUT2D eigenvalue weighted by atomic mass is 10.2. The first kappa shape index (κ1) is 15.0. The van der Waals surface area contributed by atoms with Crippen LogP contribution in [0.5, 0.6) is 0 Å². The Hall–Kier alpha value is -1.04. The van der Waals surface area contributed by atoms with Crippen molar-refractivity contribution in [3.63, 3.8) is 0 Å². The fourth-order valence-electron chi connectivity index (χ4n) is 1.37. The van der Waals surface area contributed by atoms with Gasteiger partial charge in [-0.25, -0.2) is 9.97 Å². The monoisotopic (exact) mass is 281 g/mol. The second kappa shape index (κ2) is 7.41. The highest BCUT2D eigenvalue weighted by atomic mass is 35.5. The van der Waals surface area contributed by atoms with Gasteiger partial charge in [0.1, 0.15) is 5.69 Å². The molecule has 0 spiro atoms. The molecule has 1 aromatic heterocycles. The second-order valence-electron chi connectivity index (χ2n) is 3.79. The van der Waals surface area contributed by atoms with Gasteiger partial charge in [-0.1, -0.05) is 12.8 Å². The number of rotatable bonds is 7. The van der Waals surface area contributed by atoms with Gasteiger partial charge < -0.3 is 5.32 Å². The lowest BCUT2D eigenvalue weighted by Crippen LogP contribution is -2.12. The summed E-state index contributed by atoms with van der Waals surface area (Å²) in [6.07, 6.45) is 0.497. The smallest absolute Gasteiger partial charge is 0.354 e. The first-order valence-electron chi connectivity index (χ1n) is 5.74. The highest BCUT2D eigenvalue weighted by molar-refractivity contribution is 6.17. The molecule has 7 heteroatoms. The Kier molecular flexibility index (Phi) is 6.18. The van der Waals surface area contributed by atoms with Crippen LogP contribution in [-0.4, -0.2) is 22.4 Å². The van der Waals surface area contributed by atoms with Crippen molar-refractivity contribution in [3.8, 4) is 0 Å². The molecule has 0 unspecified atom stereocenters. The van der Waals surface area contributed by atoms with E-state index in [4.69, 9.17) is 11.6 Å². The summed E-state index contributed by atoms with van der Waals surface area (Å²) >= 11 is 5.53. The fraction of sp³-hybridized carbons (Fsp3) is 0.636. The van der Waals surface area contributed by atoms with Gasteiger partial charge in [0.2, 0.25) is 5.95 Å². The number of halogens is 4. The van der Waals surface area contributed by atoms with Gasteiger partial charge in [-0.2, -0.15) is 13.2 Å². The molecule has 1 aromatic rings. The van der Waals surface area contributed by atoms with Crippen LogP contribution in [0.25, 0.3) is 0 Å². The van der Waals surface area contributed by atoms with Gasteiger partial charge >= 0.3 is 6.18 Å². The van der Waals surface area contributed by atoms with Gasteiger partial charge in [0, 0.05) is 18.6 Å². The van der Waals surface area contributed by atoms with E-state index in [-0.39, 0.29) is 5.95 Å². The summed E-state index contributed by atoms with van der Waals surface area (Å²) in [6, 6.07) is 0.853. The number of hydrogen-bond acceptors (Lipinski definition) is 3. The molecule has 0 radical (unpaired) electrons. The van der Waals surface area contributed by atoms with Gasteiger partial charge in [0.25, 0.3) is 0 Å². The molecule has 0 aromatic carbocycles. The standard InChI is InChI=1S/C11H15ClF3N3/c12-6-3-1-2-4-7-16-10-17-8-5-9(18-10)11(13,14)15/h5,8H,1-4,6-7H2,(H,16,17,18). The van der Waals surface area contributed by atoms with Gasteiger partial charge in [-0.3, -0.25) is 0 Å². The molecule has 0 aliphatic carbocycles. The lowest BCUT2D eigenvalue weighted by molar-refractivity contribution is -0.141. The summed E-state index contributed by atoms with van der Waals surface area (Å²) in [5.41, 5.74) is -0.929. The number of alkyl halides is 4. The van der Waals surface area contributed by atoms with Crippen molar-refractivity contribution < 1.29 is 13.2 Å². The van der Waals surface area contributed by atoms with E-state index in [1.54, 1.807) is 0 Å². The Labute approximate surface area is 109 Å². The SMILES string of the molecule is FC(F)(F)c1ccnc(NCCCCCCCl)n1. The first-order chi connectivity index (χ1) is 8.54. The zero-order valence-corrected chi connectivity index (χ0v) is 10.6. The Bertz CT molecular complexity index is 358. The minimum Gasteiger partial charge on any atom is -0.354 e. The van der Waals surface area contributed by atoms with Crippen molar-refractivity contribution >= 4 is 17.5 Å². The summed E-state index contributed by atoms with van der Waals surface area (Å²) in [5.74, 6) is 0.659. The van der Waals surface area contributed by atoms with E-state index in [0.717, 1.165) is 37.9 Å². The van der Waals surface area contributed by atoms with Gasteiger partial charge in [0.05, 0.1) is 0 Å². The number of nitrogens with zero attached hydrogens (tertiary/aromatic N) is 2. The maximum absolute atomic E-state index is 12.4. The van der Waals surface area contributed by atoms with Crippen LogP contribution < -0.4 is 5.32 Å². The van der Waals surface area contributed by atoms with E-state index in [2.05, 4.69) is 15.3 Å². The van der Waals surface area contributed by atoms with E-state index in [1.165, 1.54) is 0 Å². The van der Waals surface area contributed by atoms with Crippen LogP contribution >= 0.6 is 11.6 Å². The highest BCUT2D eigenvalue weighted by Crippen LogP contribution is 2.27.